The molecular weight excluding hydrogens is 345 g/mol. The van der Waals surface area contributed by atoms with E-state index < -0.39 is 11.7 Å². The van der Waals surface area contributed by atoms with Crippen molar-refractivity contribution in [1.82, 2.24) is 0 Å². The molecule has 0 aliphatic rings. The quantitative estimate of drug-likeness (QED) is 0.389. The minimum absolute atomic E-state index is 0.443. The molecule has 0 saturated heterocycles. The molecule has 0 spiro atoms. The Morgan fingerprint density at radius 2 is 1.67 bits per heavy atom. The van der Waals surface area contributed by atoms with Gasteiger partial charge in [-0.05, 0) is 59.2 Å². The van der Waals surface area contributed by atoms with Crippen LogP contribution < -0.4 is 0 Å². The van der Waals surface area contributed by atoms with Gasteiger partial charge in [-0.15, -0.1) is 0 Å². The highest BCUT2D eigenvalue weighted by molar-refractivity contribution is 5.86. The molecule has 140 valence electrons. The lowest BCUT2D eigenvalue weighted by molar-refractivity contribution is -0.137. The van der Waals surface area contributed by atoms with Gasteiger partial charge in [0, 0.05) is 0 Å². The van der Waals surface area contributed by atoms with E-state index in [1.807, 2.05) is 6.08 Å². The molecule has 0 aliphatic carbocycles. The fourth-order valence-electron chi connectivity index (χ4n) is 3.42. The molecule has 3 rings (SSSR count). The number of benzene rings is 3. The molecule has 0 nitrogen and oxygen atoms in total. The summed E-state index contributed by atoms with van der Waals surface area (Å²) >= 11 is 0. The minimum Gasteiger partial charge on any atom is -0.166 e. The monoisotopic (exact) mass is 368 g/mol. The summed E-state index contributed by atoms with van der Waals surface area (Å²) in [6.07, 6.45) is 2.34. The summed E-state index contributed by atoms with van der Waals surface area (Å²) in [4.78, 5) is 0. The van der Waals surface area contributed by atoms with Crippen LogP contribution in [-0.4, -0.2) is 0 Å². The van der Waals surface area contributed by atoms with Crippen LogP contribution in [0, 0.1) is 0 Å². The molecule has 1 atom stereocenters. The number of rotatable bonds is 6. The Kier molecular flexibility index (Phi) is 6.00. The molecule has 0 heterocycles. The van der Waals surface area contributed by atoms with Crippen LogP contribution in [0.25, 0.3) is 16.8 Å². The molecule has 0 amide bonds. The summed E-state index contributed by atoms with van der Waals surface area (Å²) in [5.41, 5.74) is 1.34. The zero-order valence-electron chi connectivity index (χ0n) is 15.3. The Morgan fingerprint density at radius 1 is 0.926 bits per heavy atom. The molecule has 3 heteroatoms. The number of fused-ring (bicyclic) bond motifs is 1. The van der Waals surface area contributed by atoms with Gasteiger partial charge < -0.3 is 0 Å². The van der Waals surface area contributed by atoms with E-state index in [1.54, 1.807) is 12.1 Å². The molecular formula is C24H23F3. The van der Waals surface area contributed by atoms with E-state index >= 15 is 0 Å². The van der Waals surface area contributed by atoms with E-state index in [1.165, 1.54) is 28.5 Å². The van der Waals surface area contributed by atoms with Gasteiger partial charge in [0.1, 0.15) is 0 Å². The van der Waals surface area contributed by atoms with Crippen LogP contribution in [0.5, 0.6) is 0 Å². The van der Waals surface area contributed by atoms with Crippen LogP contribution in [0.2, 0.25) is 0 Å². The van der Waals surface area contributed by atoms with Gasteiger partial charge in [0.25, 0.3) is 0 Å². The third-order valence-corrected chi connectivity index (χ3v) is 4.89. The summed E-state index contributed by atoms with van der Waals surface area (Å²) in [6, 6.07) is 20.3. The molecule has 0 fully saturated rings. The highest BCUT2D eigenvalue weighted by Crippen LogP contribution is 2.30. The van der Waals surface area contributed by atoms with E-state index in [0.717, 1.165) is 25.3 Å². The molecule has 0 aliphatic heterocycles. The van der Waals surface area contributed by atoms with Crippen molar-refractivity contribution in [3.8, 4) is 0 Å². The van der Waals surface area contributed by atoms with Gasteiger partial charge in [-0.25, -0.2) is 0 Å². The first-order valence-electron chi connectivity index (χ1n) is 9.26. The first-order valence-corrected chi connectivity index (χ1v) is 9.26. The Labute approximate surface area is 158 Å². The molecule has 0 saturated carbocycles. The van der Waals surface area contributed by atoms with E-state index in [-0.39, 0.29) is 0 Å². The lowest BCUT2D eigenvalue weighted by Crippen LogP contribution is -2.04. The fraction of sp³-hybridized carbons (Fsp3) is 0.250. The van der Waals surface area contributed by atoms with Crippen LogP contribution in [0.3, 0.4) is 0 Å². The largest absolute Gasteiger partial charge is 0.416 e. The maximum absolute atomic E-state index is 12.7. The van der Waals surface area contributed by atoms with E-state index in [2.05, 4.69) is 49.4 Å². The molecule has 0 radical (unpaired) electrons. The Morgan fingerprint density at radius 3 is 2.48 bits per heavy atom. The highest BCUT2D eigenvalue weighted by atomic mass is 19.4. The Balaban J connectivity index is 1.56. The van der Waals surface area contributed by atoms with Crippen LogP contribution >= 0.6 is 0 Å². The van der Waals surface area contributed by atoms with Crippen LogP contribution in [-0.2, 0) is 6.18 Å². The second kappa shape index (κ2) is 8.43. The summed E-state index contributed by atoms with van der Waals surface area (Å²) in [6.45, 7) is 2.23. The summed E-state index contributed by atoms with van der Waals surface area (Å²) < 4.78 is 38.2. The van der Waals surface area contributed by atoms with E-state index in [0.29, 0.717) is 11.5 Å². The van der Waals surface area contributed by atoms with Gasteiger partial charge in [-0.1, -0.05) is 73.7 Å². The SMILES string of the molecule is CC(CCC/C=C/c1cccc(C(F)(F)F)c1)c1cccc2ccccc12. The average molecular weight is 368 g/mol. The standard InChI is InChI=1S/C24H23F3/c1-18(22-16-8-13-20-12-5-6-15-23(20)22)9-3-2-4-10-19-11-7-14-21(17-19)24(25,26)27/h4-8,10-18H,2-3,9H2,1H3/b10-4+. The van der Waals surface area contributed by atoms with E-state index in [4.69, 9.17) is 0 Å². The lowest BCUT2D eigenvalue weighted by Gasteiger charge is -2.14. The summed E-state index contributed by atoms with van der Waals surface area (Å²) in [7, 11) is 0. The predicted molar refractivity (Wildman–Crippen MR) is 107 cm³/mol. The molecule has 0 aromatic heterocycles. The van der Waals surface area contributed by atoms with Crippen molar-refractivity contribution in [2.45, 2.75) is 38.3 Å². The summed E-state index contributed by atoms with van der Waals surface area (Å²) in [5.74, 6) is 0.443. The number of allylic oxidation sites excluding steroid dienone is 1. The van der Waals surface area contributed by atoms with Gasteiger partial charge in [0.05, 0.1) is 5.56 Å². The van der Waals surface area contributed by atoms with E-state index in [9.17, 15) is 13.2 Å². The maximum atomic E-state index is 12.7. The van der Waals surface area contributed by atoms with Crippen molar-refractivity contribution in [3.05, 3.63) is 89.5 Å². The highest BCUT2D eigenvalue weighted by Gasteiger charge is 2.30. The number of alkyl halides is 3. The second-order valence-corrected chi connectivity index (χ2v) is 6.93. The van der Waals surface area contributed by atoms with Gasteiger partial charge in [0.15, 0.2) is 0 Å². The maximum Gasteiger partial charge on any atom is 0.416 e. The third kappa shape index (κ3) is 5.00. The predicted octanol–water partition coefficient (Wildman–Crippen LogP) is 7.85. The third-order valence-electron chi connectivity index (χ3n) is 4.89. The van der Waals surface area contributed by atoms with Crippen molar-refractivity contribution in [1.29, 1.82) is 0 Å². The first-order chi connectivity index (χ1) is 12.9. The molecule has 0 N–H and O–H groups in total. The molecule has 3 aromatic rings. The van der Waals surface area contributed by atoms with Gasteiger partial charge in [-0.2, -0.15) is 13.2 Å². The van der Waals surface area contributed by atoms with Gasteiger partial charge >= 0.3 is 6.18 Å². The van der Waals surface area contributed by atoms with Gasteiger partial charge in [0.2, 0.25) is 0 Å². The Bertz CT molecular complexity index is 917. The number of hydrogen-bond donors (Lipinski definition) is 0. The lowest BCUT2D eigenvalue weighted by atomic mass is 9.91. The zero-order valence-corrected chi connectivity index (χ0v) is 15.3. The van der Waals surface area contributed by atoms with Crippen molar-refractivity contribution in [2.24, 2.45) is 0 Å². The number of halogens is 3. The molecule has 1 unspecified atom stereocenters. The minimum atomic E-state index is -4.29. The number of hydrogen-bond acceptors (Lipinski definition) is 0. The van der Waals surface area contributed by atoms with Crippen LogP contribution in [0.15, 0.2) is 72.8 Å². The van der Waals surface area contributed by atoms with Crippen molar-refractivity contribution >= 4 is 16.8 Å². The smallest absolute Gasteiger partial charge is 0.166 e. The fourth-order valence-corrected chi connectivity index (χ4v) is 3.42. The average Bonchev–Trinajstić information content (AvgIpc) is 2.66. The summed E-state index contributed by atoms with van der Waals surface area (Å²) in [5, 5.41) is 2.55. The van der Waals surface area contributed by atoms with Crippen LogP contribution in [0.4, 0.5) is 13.2 Å². The van der Waals surface area contributed by atoms with Crippen LogP contribution in [0.1, 0.15) is 48.8 Å². The topological polar surface area (TPSA) is 0 Å². The normalized spacial score (nSPS) is 13.3. The van der Waals surface area contributed by atoms with Crippen molar-refractivity contribution in [3.63, 3.8) is 0 Å². The number of unbranched alkanes of at least 4 members (excludes halogenated alkanes) is 1. The van der Waals surface area contributed by atoms with Crippen molar-refractivity contribution < 1.29 is 13.2 Å². The zero-order chi connectivity index (χ0) is 19.3. The van der Waals surface area contributed by atoms with Crippen molar-refractivity contribution in [2.75, 3.05) is 0 Å². The first kappa shape index (κ1) is 19.2. The van der Waals surface area contributed by atoms with Gasteiger partial charge in [-0.3, -0.25) is 0 Å². The molecule has 27 heavy (non-hydrogen) atoms. The molecule has 3 aromatic carbocycles. The Hall–Kier alpha value is -2.55. The second-order valence-electron chi connectivity index (χ2n) is 6.93. The molecule has 0 bridgehead atoms.